The van der Waals surface area contributed by atoms with Crippen molar-refractivity contribution in [3.05, 3.63) is 71.3 Å². The van der Waals surface area contributed by atoms with Crippen molar-refractivity contribution in [1.29, 1.82) is 5.26 Å². The summed E-state index contributed by atoms with van der Waals surface area (Å²) >= 11 is 0. The van der Waals surface area contributed by atoms with Gasteiger partial charge in [0.15, 0.2) is 0 Å². The summed E-state index contributed by atoms with van der Waals surface area (Å²) in [5.41, 5.74) is 2.84. The van der Waals surface area contributed by atoms with Crippen molar-refractivity contribution in [2.24, 2.45) is 0 Å². The van der Waals surface area contributed by atoms with Crippen LogP contribution in [0.4, 0.5) is 0 Å². The Morgan fingerprint density at radius 2 is 1.78 bits per heavy atom. The molecule has 0 bridgehead atoms. The highest BCUT2D eigenvalue weighted by Crippen LogP contribution is 2.05. The molecular weight excluding hydrogens is 286 g/mol. The zero-order valence-corrected chi connectivity index (χ0v) is 13.3. The fourth-order valence-electron chi connectivity index (χ4n) is 2.30. The molecular formula is C19H21N3O. The lowest BCUT2D eigenvalue weighted by Gasteiger charge is -2.21. The number of hydrogen-bond donors (Lipinski definition) is 1. The summed E-state index contributed by atoms with van der Waals surface area (Å²) in [6.07, 6.45) is 0. The molecule has 0 aliphatic carbocycles. The van der Waals surface area contributed by atoms with Crippen LogP contribution in [0.25, 0.3) is 0 Å². The quantitative estimate of drug-likeness (QED) is 0.855. The average molecular weight is 307 g/mol. The molecule has 4 heteroatoms. The Morgan fingerprint density at radius 1 is 1.09 bits per heavy atom. The van der Waals surface area contributed by atoms with E-state index in [1.807, 2.05) is 54.3 Å². The lowest BCUT2D eigenvalue weighted by Crippen LogP contribution is -2.37. The second-order valence-electron chi connectivity index (χ2n) is 5.31. The van der Waals surface area contributed by atoms with Crippen molar-refractivity contribution in [2.75, 3.05) is 13.1 Å². The highest BCUT2D eigenvalue weighted by Gasteiger charge is 2.11. The number of nitrogens with zero attached hydrogens (tertiary/aromatic N) is 2. The third-order valence-corrected chi connectivity index (χ3v) is 3.64. The average Bonchev–Trinajstić information content (AvgIpc) is 2.61. The Morgan fingerprint density at radius 3 is 2.39 bits per heavy atom. The van der Waals surface area contributed by atoms with Crippen LogP contribution in [-0.2, 0) is 17.9 Å². The van der Waals surface area contributed by atoms with Gasteiger partial charge in [-0.25, -0.2) is 0 Å². The molecule has 0 unspecified atom stereocenters. The first-order chi connectivity index (χ1) is 11.2. The van der Waals surface area contributed by atoms with Gasteiger partial charge < -0.3 is 10.2 Å². The van der Waals surface area contributed by atoms with Gasteiger partial charge in [0, 0.05) is 19.6 Å². The van der Waals surface area contributed by atoms with Crippen LogP contribution in [0.15, 0.2) is 54.6 Å². The number of hydrogen-bond acceptors (Lipinski definition) is 3. The van der Waals surface area contributed by atoms with E-state index in [-0.39, 0.29) is 5.91 Å². The van der Waals surface area contributed by atoms with E-state index >= 15 is 0 Å². The minimum atomic E-state index is 0.0880. The van der Waals surface area contributed by atoms with E-state index in [4.69, 9.17) is 5.26 Å². The number of amides is 1. The standard InChI is InChI=1S/C19H21N3O/c1-2-22(15-18-6-4-3-5-7-18)19(23)14-21-13-17-10-8-16(12-20)9-11-17/h3-11,21H,2,13-15H2,1H3. The van der Waals surface area contributed by atoms with Crippen LogP contribution in [0.2, 0.25) is 0 Å². The van der Waals surface area contributed by atoms with Gasteiger partial charge in [0.05, 0.1) is 18.2 Å². The second kappa shape index (κ2) is 8.72. The molecule has 2 aromatic carbocycles. The minimum absolute atomic E-state index is 0.0880. The van der Waals surface area contributed by atoms with Crippen LogP contribution in [0.1, 0.15) is 23.6 Å². The number of likely N-dealkylation sites (N-methyl/N-ethyl adjacent to an activating group) is 1. The van der Waals surface area contributed by atoms with Gasteiger partial charge in [0.25, 0.3) is 0 Å². The van der Waals surface area contributed by atoms with Crippen molar-refractivity contribution in [1.82, 2.24) is 10.2 Å². The van der Waals surface area contributed by atoms with Crippen LogP contribution < -0.4 is 5.32 Å². The van der Waals surface area contributed by atoms with Gasteiger partial charge in [0.1, 0.15) is 0 Å². The number of rotatable bonds is 7. The van der Waals surface area contributed by atoms with Gasteiger partial charge in [0.2, 0.25) is 5.91 Å². The van der Waals surface area contributed by atoms with E-state index < -0.39 is 0 Å². The molecule has 0 aromatic heterocycles. The molecule has 0 heterocycles. The Hall–Kier alpha value is -2.64. The first kappa shape index (κ1) is 16.7. The summed E-state index contributed by atoms with van der Waals surface area (Å²) in [6.45, 7) is 4.23. The smallest absolute Gasteiger partial charge is 0.236 e. The minimum Gasteiger partial charge on any atom is -0.338 e. The number of carbonyl (C=O) groups is 1. The lowest BCUT2D eigenvalue weighted by atomic mass is 10.1. The summed E-state index contributed by atoms with van der Waals surface area (Å²) in [6, 6.07) is 19.5. The summed E-state index contributed by atoms with van der Waals surface area (Å²) in [4.78, 5) is 14.1. The predicted octanol–water partition coefficient (Wildman–Crippen LogP) is 2.70. The van der Waals surface area contributed by atoms with Crippen LogP contribution in [0.5, 0.6) is 0 Å². The summed E-state index contributed by atoms with van der Waals surface area (Å²) in [7, 11) is 0. The molecule has 0 saturated carbocycles. The van der Waals surface area contributed by atoms with Crippen molar-refractivity contribution < 1.29 is 4.79 Å². The van der Waals surface area contributed by atoms with Gasteiger partial charge in [-0.3, -0.25) is 4.79 Å². The molecule has 2 rings (SSSR count). The highest BCUT2D eigenvalue weighted by molar-refractivity contribution is 5.78. The van der Waals surface area contributed by atoms with E-state index in [1.165, 1.54) is 0 Å². The van der Waals surface area contributed by atoms with Gasteiger partial charge >= 0.3 is 0 Å². The van der Waals surface area contributed by atoms with Crippen molar-refractivity contribution >= 4 is 5.91 Å². The highest BCUT2D eigenvalue weighted by atomic mass is 16.2. The molecule has 0 spiro atoms. The number of benzene rings is 2. The number of nitrogens with one attached hydrogen (secondary N) is 1. The van der Waals surface area contributed by atoms with Crippen molar-refractivity contribution in [2.45, 2.75) is 20.0 Å². The summed E-state index contributed by atoms with van der Waals surface area (Å²) in [5, 5.41) is 11.9. The van der Waals surface area contributed by atoms with Crippen LogP contribution >= 0.6 is 0 Å². The van der Waals surface area contributed by atoms with Crippen LogP contribution in [0.3, 0.4) is 0 Å². The SMILES string of the molecule is CCN(Cc1ccccc1)C(=O)CNCc1ccc(C#N)cc1. The van der Waals surface area contributed by atoms with Gasteiger partial charge in [-0.2, -0.15) is 5.26 Å². The summed E-state index contributed by atoms with van der Waals surface area (Å²) in [5.74, 6) is 0.0880. The zero-order chi connectivity index (χ0) is 16.5. The fraction of sp³-hybridized carbons (Fsp3) is 0.263. The van der Waals surface area contributed by atoms with E-state index in [9.17, 15) is 4.79 Å². The molecule has 0 fully saturated rings. The molecule has 1 N–H and O–H groups in total. The maximum Gasteiger partial charge on any atom is 0.236 e. The van der Waals surface area contributed by atoms with Gasteiger partial charge in [-0.1, -0.05) is 42.5 Å². The Kier molecular flexibility index (Phi) is 6.34. The van der Waals surface area contributed by atoms with Gasteiger partial charge in [-0.15, -0.1) is 0 Å². The molecule has 0 saturated heterocycles. The third-order valence-electron chi connectivity index (χ3n) is 3.64. The van der Waals surface area contributed by atoms with E-state index in [1.54, 1.807) is 12.1 Å². The Labute approximate surface area is 137 Å². The van der Waals surface area contributed by atoms with E-state index in [0.717, 1.165) is 11.1 Å². The maximum atomic E-state index is 12.3. The van der Waals surface area contributed by atoms with Crippen LogP contribution in [0, 0.1) is 11.3 Å². The first-order valence-electron chi connectivity index (χ1n) is 7.74. The monoisotopic (exact) mass is 307 g/mol. The molecule has 118 valence electrons. The lowest BCUT2D eigenvalue weighted by molar-refractivity contribution is -0.130. The molecule has 2 aromatic rings. The molecule has 23 heavy (non-hydrogen) atoms. The largest absolute Gasteiger partial charge is 0.338 e. The molecule has 0 atom stereocenters. The van der Waals surface area contributed by atoms with Crippen molar-refractivity contribution in [3.63, 3.8) is 0 Å². The van der Waals surface area contributed by atoms with Gasteiger partial charge in [-0.05, 0) is 30.2 Å². The maximum absolute atomic E-state index is 12.3. The second-order valence-corrected chi connectivity index (χ2v) is 5.31. The third kappa shape index (κ3) is 5.24. The normalized spacial score (nSPS) is 10.1. The fourth-order valence-corrected chi connectivity index (χ4v) is 2.30. The Bertz CT molecular complexity index is 659. The molecule has 4 nitrogen and oxygen atoms in total. The molecule has 1 amide bonds. The zero-order valence-electron chi connectivity index (χ0n) is 13.3. The predicted molar refractivity (Wildman–Crippen MR) is 90.4 cm³/mol. The molecule has 0 radical (unpaired) electrons. The summed E-state index contributed by atoms with van der Waals surface area (Å²) < 4.78 is 0. The number of carbonyl (C=O) groups excluding carboxylic acids is 1. The number of nitriles is 1. The van der Waals surface area contributed by atoms with Crippen LogP contribution in [-0.4, -0.2) is 23.9 Å². The van der Waals surface area contributed by atoms with Crippen molar-refractivity contribution in [3.8, 4) is 6.07 Å². The topological polar surface area (TPSA) is 56.1 Å². The first-order valence-corrected chi connectivity index (χ1v) is 7.74. The Balaban J connectivity index is 1.81. The van der Waals surface area contributed by atoms with E-state index in [0.29, 0.717) is 31.7 Å². The molecule has 0 aliphatic rings. The molecule has 0 aliphatic heterocycles. The van der Waals surface area contributed by atoms with E-state index in [2.05, 4.69) is 11.4 Å².